The fourth-order valence-electron chi connectivity index (χ4n) is 3.51. The number of nitrogens with zero attached hydrogens (tertiary/aromatic N) is 3. The number of hydrogen-bond donors (Lipinski definition) is 1. The molecule has 3 fully saturated rings. The zero-order chi connectivity index (χ0) is 17.1. The predicted octanol–water partition coefficient (Wildman–Crippen LogP) is 1.03. The van der Waals surface area contributed by atoms with Gasteiger partial charge >= 0.3 is 6.03 Å². The number of hydroxylamine groups is 2. The summed E-state index contributed by atoms with van der Waals surface area (Å²) >= 11 is 0. The highest BCUT2D eigenvalue weighted by Crippen LogP contribution is 2.30. The lowest BCUT2D eigenvalue weighted by molar-refractivity contribution is -0.145. The molecule has 0 saturated carbocycles. The fourth-order valence-corrected chi connectivity index (χ4v) is 3.51. The maximum Gasteiger partial charge on any atom is 0.345 e. The normalized spacial score (nSPS) is 27.0. The molecule has 134 valence electrons. The largest absolute Gasteiger partial charge is 0.345 e. The minimum Gasteiger partial charge on any atom is -0.309 e. The van der Waals surface area contributed by atoms with E-state index in [-0.39, 0.29) is 23.9 Å². The number of urea groups is 1. The van der Waals surface area contributed by atoms with Crippen LogP contribution in [0.2, 0.25) is 0 Å². The molecule has 4 amide bonds. The molecule has 24 heavy (non-hydrogen) atoms. The van der Waals surface area contributed by atoms with Crippen LogP contribution in [0.5, 0.6) is 0 Å². The SMILES string of the molecule is CCCCON1C(=O)N2C[C@@H]1CC[C@H]2C(=O)NN1CCCCC1=O. The van der Waals surface area contributed by atoms with E-state index in [9.17, 15) is 14.4 Å². The highest BCUT2D eigenvalue weighted by molar-refractivity contribution is 5.90. The Balaban J connectivity index is 1.59. The van der Waals surface area contributed by atoms with Gasteiger partial charge in [-0.2, -0.15) is 5.06 Å². The summed E-state index contributed by atoms with van der Waals surface area (Å²) in [5, 5.41) is 2.84. The summed E-state index contributed by atoms with van der Waals surface area (Å²) in [5.74, 6) is -0.326. The molecular formula is C16H26N4O4. The standard InChI is InChI=1S/C16H26N4O4/c1-2-3-10-24-20-12-7-8-13(18(11-12)16(20)23)15(22)17-19-9-5-4-6-14(19)21/h12-13H,2-11H2,1H3,(H,17,22)/t12-,13-/m0/s1. The van der Waals surface area contributed by atoms with Crippen molar-refractivity contribution in [3.8, 4) is 0 Å². The van der Waals surface area contributed by atoms with Gasteiger partial charge < -0.3 is 4.90 Å². The molecule has 3 rings (SSSR count). The van der Waals surface area contributed by atoms with Crippen molar-refractivity contribution in [2.75, 3.05) is 19.7 Å². The Hall–Kier alpha value is -1.83. The number of rotatable bonds is 6. The molecule has 3 saturated heterocycles. The molecule has 0 aromatic heterocycles. The van der Waals surface area contributed by atoms with Crippen molar-refractivity contribution < 1.29 is 19.2 Å². The van der Waals surface area contributed by atoms with Crippen LogP contribution in [-0.4, -0.2) is 64.6 Å². The first kappa shape index (κ1) is 17.0. The van der Waals surface area contributed by atoms with E-state index in [1.165, 1.54) is 10.1 Å². The summed E-state index contributed by atoms with van der Waals surface area (Å²) in [6, 6.07) is -0.739. The van der Waals surface area contributed by atoms with Crippen molar-refractivity contribution in [2.24, 2.45) is 0 Å². The van der Waals surface area contributed by atoms with E-state index in [4.69, 9.17) is 4.84 Å². The van der Waals surface area contributed by atoms with Crippen molar-refractivity contribution in [3.05, 3.63) is 0 Å². The first-order valence-electron chi connectivity index (χ1n) is 8.95. The van der Waals surface area contributed by atoms with E-state index in [0.29, 0.717) is 32.5 Å². The molecule has 2 bridgehead atoms. The fraction of sp³-hybridized carbons (Fsp3) is 0.812. The van der Waals surface area contributed by atoms with Crippen molar-refractivity contribution >= 4 is 17.8 Å². The molecule has 8 nitrogen and oxygen atoms in total. The highest BCUT2D eigenvalue weighted by Gasteiger charge is 2.48. The number of fused-ring (bicyclic) bond motifs is 2. The van der Waals surface area contributed by atoms with Gasteiger partial charge in [0.05, 0.1) is 12.6 Å². The zero-order valence-corrected chi connectivity index (χ0v) is 14.2. The van der Waals surface area contributed by atoms with E-state index < -0.39 is 6.04 Å². The molecule has 0 aromatic carbocycles. The first-order valence-corrected chi connectivity index (χ1v) is 8.95. The molecule has 8 heteroatoms. The van der Waals surface area contributed by atoms with E-state index in [1.54, 1.807) is 4.90 Å². The summed E-state index contributed by atoms with van der Waals surface area (Å²) in [7, 11) is 0. The van der Waals surface area contributed by atoms with Crippen molar-refractivity contribution in [1.82, 2.24) is 20.4 Å². The van der Waals surface area contributed by atoms with E-state index in [0.717, 1.165) is 32.1 Å². The maximum atomic E-state index is 12.6. The number of nitrogens with one attached hydrogen (secondary N) is 1. The Morgan fingerprint density at radius 2 is 2.12 bits per heavy atom. The van der Waals surface area contributed by atoms with Gasteiger partial charge in [0, 0.05) is 19.5 Å². The third-order valence-electron chi connectivity index (χ3n) is 4.92. The number of carbonyl (C=O) groups excluding carboxylic acids is 3. The second kappa shape index (κ2) is 7.38. The Morgan fingerprint density at radius 3 is 2.88 bits per heavy atom. The second-order valence-electron chi connectivity index (χ2n) is 6.67. The summed E-state index contributed by atoms with van der Waals surface area (Å²) in [4.78, 5) is 44.1. The van der Waals surface area contributed by atoms with E-state index in [1.807, 2.05) is 0 Å². The Labute approximate surface area is 142 Å². The zero-order valence-electron chi connectivity index (χ0n) is 14.2. The number of unbranched alkanes of at least 4 members (excludes halogenated alkanes) is 1. The van der Waals surface area contributed by atoms with Crippen LogP contribution in [0.25, 0.3) is 0 Å². The molecule has 2 atom stereocenters. The summed E-state index contributed by atoms with van der Waals surface area (Å²) in [6.45, 7) is 3.64. The van der Waals surface area contributed by atoms with Crippen LogP contribution in [0.4, 0.5) is 4.79 Å². The molecule has 0 radical (unpaired) electrons. The number of amides is 4. The summed E-state index contributed by atoms with van der Waals surface area (Å²) in [5.41, 5.74) is 2.70. The third kappa shape index (κ3) is 3.33. The van der Waals surface area contributed by atoms with Gasteiger partial charge in [-0.05, 0) is 32.1 Å². The molecule has 3 heterocycles. The van der Waals surface area contributed by atoms with Crippen molar-refractivity contribution in [2.45, 2.75) is 64.0 Å². The molecule has 0 spiro atoms. The van der Waals surface area contributed by atoms with Crippen molar-refractivity contribution in [3.63, 3.8) is 0 Å². The van der Waals surface area contributed by atoms with E-state index in [2.05, 4.69) is 12.3 Å². The van der Waals surface area contributed by atoms with Gasteiger partial charge in [0.25, 0.3) is 5.91 Å². The van der Waals surface area contributed by atoms with Gasteiger partial charge in [-0.15, -0.1) is 0 Å². The molecule has 0 aliphatic carbocycles. The summed E-state index contributed by atoms with van der Waals surface area (Å²) in [6.07, 6.45) is 5.46. The maximum absolute atomic E-state index is 12.6. The topological polar surface area (TPSA) is 82.2 Å². The third-order valence-corrected chi connectivity index (χ3v) is 4.92. The lowest BCUT2D eigenvalue weighted by Crippen LogP contribution is -2.56. The lowest BCUT2D eigenvalue weighted by atomic mass is 10.0. The number of piperidine rings is 2. The quantitative estimate of drug-likeness (QED) is 0.734. The van der Waals surface area contributed by atoms with Crippen LogP contribution in [0, 0.1) is 0 Å². The van der Waals surface area contributed by atoms with Crippen LogP contribution >= 0.6 is 0 Å². The van der Waals surface area contributed by atoms with Crippen LogP contribution in [0.15, 0.2) is 0 Å². The van der Waals surface area contributed by atoms with Crippen LogP contribution in [0.1, 0.15) is 51.9 Å². The molecule has 3 aliphatic heterocycles. The molecular weight excluding hydrogens is 312 g/mol. The van der Waals surface area contributed by atoms with Gasteiger partial charge in [-0.25, -0.2) is 4.79 Å². The van der Waals surface area contributed by atoms with Gasteiger partial charge in [0.1, 0.15) is 6.04 Å². The van der Waals surface area contributed by atoms with Crippen molar-refractivity contribution in [1.29, 1.82) is 0 Å². The Morgan fingerprint density at radius 1 is 1.29 bits per heavy atom. The van der Waals surface area contributed by atoms with Gasteiger partial charge in [0.2, 0.25) is 5.91 Å². The monoisotopic (exact) mass is 338 g/mol. The minimum atomic E-state index is -0.525. The highest BCUT2D eigenvalue weighted by atomic mass is 16.7. The predicted molar refractivity (Wildman–Crippen MR) is 85.3 cm³/mol. The Bertz CT molecular complexity index is 512. The number of hydrazine groups is 1. The summed E-state index contributed by atoms with van der Waals surface area (Å²) < 4.78 is 0. The van der Waals surface area contributed by atoms with E-state index >= 15 is 0 Å². The number of hydrogen-bond acceptors (Lipinski definition) is 4. The number of carbonyl (C=O) groups is 3. The molecule has 1 N–H and O–H groups in total. The van der Waals surface area contributed by atoms with Crippen LogP contribution in [-0.2, 0) is 14.4 Å². The lowest BCUT2D eigenvalue weighted by Gasteiger charge is -2.33. The average molecular weight is 338 g/mol. The second-order valence-corrected chi connectivity index (χ2v) is 6.67. The minimum absolute atomic E-state index is 0.0232. The van der Waals surface area contributed by atoms with Crippen LogP contribution < -0.4 is 5.43 Å². The smallest absolute Gasteiger partial charge is 0.309 e. The molecule has 0 aromatic rings. The van der Waals surface area contributed by atoms with Crippen LogP contribution in [0.3, 0.4) is 0 Å². The molecule has 3 aliphatic rings. The van der Waals surface area contributed by atoms with Gasteiger partial charge in [0.15, 0.2) is 0 Å². The Kier molecular flexibility index (Phi) is 5.23. The van der Waals surface area contributed by atoms with Gasteiger partial charge in [-0.3, -0.25) is 24.9 Å². The van der Waals surface area contributed by atoms with Gasteiger partial charge in [-0.1, -0.05) is 13.3 Å². The average Bonchev–Trinajstić information content (AvgIpc) is 2.82. The first-order chi connectivity index (χ1) is 11.6. The molecule has 0 unspecified atom stereocenters.